The van der Waals surface area contributed by atoms with E-state index in [1.54, 1.807) is 11.3 Å². The predicted molar refractivity (Wildman–Crippen MR) is 59.7 cm³/mol. The van der Waals surface area contributed by atoms with Crippen LogP contribution in [0.15, 0.2) is 30.6 Å². The smallest absolute Gasteiger partial charge is 0.0908 e. The first-order chi connectivity index (χ1) is 6.84. The summed E-state index contributed by atoms with van der Waals surface area (Å²) in [4.78, 5) is 8.63. The van der Waals surface area contributed by atoms with E-state index in [9.17, 15) is 0 Å². The maximum atomic E-state index is 4.53. The van der Waals surface area contributed by atoms with Crippen LogP contribution in [0.25, 0.3) is 21.0 Å². The van der Waals surface area contributed by atoms with Crippen LogP contribution in [0.5, 0.6) is 0 Å². The third kappa shape index (κ3) is 1.02. The fourth-order valence-electron chi connectivity index (χ4n) is 1.67. The van der Waals surface area contributed by atoms with Gasteiger partial charge in [0.15, 0.2) is 0 Å². The first-order valence-corrected chi connectivity index (χ1v) is 5.26. The normalized spacial score (nSPS) is 11.2. The van der Waals surface area contributed by atoms with Gasteiger partial charge in [-0.15, -0.1) is 11.3 Å². The summed E-state index contributed by atoms with van der Waals surface area (Å²) in [6, 6.07) is 6.24. The van der Waals surface area contributed by atoms with Gasteiger partial charge in [-0.05, 0) is 19.1 Å². The van der Waals surface area contributed by atoms with Gasteiger partial charge in [-0.2, -0.15) is 0 Å². The van der Waals surface area contributed by atoms with E-state index in [1.165, 1.54) is 10.1 Å². The van der Waals surface area contributed by atoms with Crippen molar-refractivity contribution in [2.75, 3.05) is 0 Å². The molecule has 0 aliphatic heterocycles. The van der Waals surface area contributed by atoms with Crippen molar-refractivity contribution in [3.63, 3.8) is 0 Å². The second-order valence-corrected chi connectivity index (χ2v) is 4.48. The molecule has 2 heterocycles. The van der Waals surface area contributed by atoms with Gasteiger partial charge >= 0.3 is 0 Å². The first kappa shape index (κ1) is 7.88. The molecule has 0 radical (unpaired) electrons. The highest BCUT2D eigenvalue weighted by molar-refractivity contribution is 7.18. The molecule has 0 saturated heterocycles. The Bertz CT molecular complexity index is 613. The first-order valence-electron chi connectivity index (χ1n) is 4.44. The molecule has 0 saturated carbocycles. The predicted octanol–water partition coefficient (Wildman–Crippen LogP) is 3.15. The van der Waals surface area contributed by atoms with Gasteiger partial charge in [0.05, 0.1) is 15.2 Å². The van der Waals surface area contributed by atoms with Crippen LogP contribution in [0.4, 0.5) is 0 Å². The Balaban J connectivity index is 2.60. The maximum absolute atomic E-state index is 4.53. The van der Waals surface area contributed by atoms with Gasteiger partial charge in [-0.1, -0.05) is 6.07 Å². The van der Waals surface area contributed by atoms with Crippen molar-refractivity contribution in [1.29, 1.82) is 0 Å². The number of pyridine rings is 1. The minimum atomic E-state index is 1.10. The molecule has 3 rings (SSSR count). The summed E-state index contributed by atoms with van der Waals surface area (Å²) in [5, 5.41) is 3.47. The van der Waals surface area contributed by atoms with Crippen molar-refractivity contribution >= 4 is 32.3 Å². The average molecular weight is 200 g/mol. The monoisotopic (exact) mass is 200 g/mol. The minimum Gasteiger partial charge on any atom is -0.264 e. The SMILES string of the molecule is Cc1nc2c(ccc3cnccc32)s1. The summed E-state index contributed by atoms with van der Waals surface area (Å²) in [6.45, 7) is 2.04. The lowest BCUT2D eigenvalue weighted by atomic mass is 10.1. The molecule has 0 unspecified atom stereocenters. The van der Waals surface area contributed by atoms with E-state index < -0.39 is 0 Å². The van der Waals surface area contributed by atoms with E-state index in [0.29, 0.717) is 0 Å². The van der Waals surface area contributed by atoms with Gasteiger partial charge in [-0.25, -0.2) is 4.98 Å². The Kier molecular flexibility index (Phi) is 1.55. The molecule has 3 heteroatoms. The zero-order chi connectivity index (χ0) is 9.54. The van der Waals surface area contributed by atoms with E-state index in [-0.39, 0.29) is 0 Å². The highest BCUT2D eigenvalue weighted by Crippen LogP contribution is 2.28. The molecule has 0 bridgehead atoms. The molecule has 3 aromatic rings. The van der Waals surface area contributed by atoms with Crippen LogP contribution in [0.3, 0.4) is 0 Å². The van der Waals surface area contributed by atoms with Crippen molar-refractivity contribution < 1.29 is 0 Å². The number of aryl methyl sites for hydroxylation is 1. The second kappa shape index (κ2) is 2.75. The number of benzene rings is 1. The van der Waals surface area contributed by atoms with Crippen LogP contribution < -0.4 is 0 Å². The van der Waals surface area contributed by atoms with Crippen molar-refractivity contribution in [3.8, 4) is 0 Å². The molecule has 0 amide bonds. The average Bonchev–Trinajstić information content (AvgIpc) is 2.59. The summed E-state index contributed by atoms with van der Waals surface area (Å²) in [5.41, 5.74) is 1.10. The molecule has 0 N–H and O–H groups in total. The highest BCUT2D eigenvalue weighted by Gasteiger charge is 2.04. The summed E-state index contributed by atoms with van der Waals surface area (Å²) in [7, 11) is 0. The Morgan fingerprint density at radius 1 is 1.21 bits per heavy atom. The summed E-state index contributed by atoms with van der Waals surface area (Å²) >= 11 is 1.74. The fourth-order valence-corrected chi connectivity index (χ4v) is 2.51. The fraction of sp³-hybridized carbons (Fsp3) is 0.0909. The maximum Gasteiger partial charge on any atom is 0.0908 e. The quantitative estimate of drug-likeness (QED) is 0.557. The van der Waals surface area contributed by atoms with Gasteiger partial charge in [0.25, 0.3) is 0 Å². The number of fused-ring (bicyclic) bond motifs is 3. The molecule has 2 nitrogen and oxygen atoms in total. The van der Waals surface area contributed by atoms with Crippen LogP contribution >= 0.6 is 11.3 Å². The molecule has 0 spiro atoms. The number of nitrogens with zero attached hydrogens (tertiary/aromatic N) is 2. The molecule has 14 heavy (non-hydrogen) atoms. The lowest BCUT2D eigenvalue weighted by Gasteiger charge is -1.95. The topological polar surface area (TPSA) is 25.8 Å². The van der Waals surface area contributed by atoms with Crippen LogP contribution in [0.2, 0.25) is 0 Å². The Morgan fingerprint density at radius 2 is 2.14 bits per heavy atom. The molecular weight excluding hydrogens is 192 g/mol. The molecular formula is C11H8N2S. The van der Waals surface area contributed by atoms with Gasteiger partial charge < -0.3 is 0 Å². The van der Waals surface area contributed by atoms with E-state index >= 15 is 0 Å². The molecule has 0 aliphatic carbocycles. The van der Waals surface area contributed by atoms with Crippen LogP contribution in [-0.2, 0) is 0 Å². The molecule has 2 aromatic heterocycles. The van der Waals surface area contributed by atoms with E-state index in [4.69, 9.17) is 0 Å². The Labute approximate surface area is 85.2 Å². The zero-order valence-electron chi connectivity index (χ0n) is 7.69. The minimum absolute atomic E-state index is 1.10. The third-order valence-corrected chi connectivity index (χ3v) is 3.22. The molecule has 0 fully saturated rings. The lowest BCUT2D eigenvalue weighted by Crippen LogP contribution is -1.77. The van der Waals surface area contributed by atoms with Gasteiger partial charge in [0.2, 0.25) is 0 Å². The number of rotatable bonds is 0. The van der Waals surface area contributed by atoms with Crippen molar-refractivity contribution in [2.24, 2.45) is 0 Å². The lowest BCUT2D eigenvalue weighted by molar-refractivity contribution is 1.34. The second-order valence-electron chi connectivity index (χ2n) is 3.24. The third-order valence-electron chi connectivity index (χ3n) is 2.28. The van der Waals surface area contributed by atoms with E-state index in [2.05, 4.69) is 22.1 Å². The van der Waals surface area contributed by atoms with Gasteiger partial charge in [0.1, 0.15) is 0 Å². The largest absolute Gasteiger partial charge is 0.264 e. The summed E-state index contributed by atoms with van der Waals surface area (Å²) in [5.74, 6) is 0. The van der Waals surface area contributed by atoms with Gasteiger partial charge in [0, 0.05) is 23.2 Å². The Hall–Kier alpha value is -1.48. The van der Waals surface area contributed by atoms with Crippen LogP contribution in [0.1, 0.15) is 5.01 Å². The van der Waals surface area contributed by atoms with Gasteiger partial charge in [-0.3, -0.25) is 4.98 Å². The zero-order valence-corrected chi connectivity index (χ0v) is 8.51. The van der Waals surface area contributed by atoms with Crippen molar-refractivity contribution in [1.82, 2.24) is 9.97 Å². The highest BCUT2D eigenvalue weighted by atomic mass is 32.1. The number of hydrogen-bond donors (Lipinski definition) is 0. The number of thiazole rings is 1. The standard InChI is InChI=1S/C11H8N2S/c1-7-13-11-9-4-5-12-6-8(9)2-3-10(11)14-7/h2-6H,1H3. The van der Waals surface area contributed by atoms with E-state index in [0.717, 1.165) is 15.9 Å². The summed E-state index contributed by atoms with van der Waals surface area (Å²) in [6.07, 6.45) is 3.69. The van der Waals surface area contributed by atoms with E-state index in [1.807, 2.05) is 25.4 Å². The molecule has 0 atom stereocenters. The molecule has 0 aliphatic rings. The molecule has 68 valence electrons. The van der Waals surface area contributed by atoms with Crippen molar-refractivity contribution in [2.45, 2.75) is 6.92 Å². The van der Waals surface area contributed by atoms with Crippen LogP contribution in [0, 0.1) is 6.92 Å². The number of aromatic nitrogens is 2. The van der Waals surface area contributed by atoms with Crippen molar-refractivity contribution in [3.05, 3.63) is 35.6 Å². The Morgan fingerprint density at radius 3 is 3.07 bits per heavy atom. The molecule has 1 aromatic carbocycles. The number of hydrogen-bond acceptors (Lipinski definition) is 3. The summed E-state index contributed by atoms with van der Waals surface area (Å²) < 4.78 is 1.25. The van der Waals surface area contributed by atoms with Crippen LogP contribution in [-0.4, -0.2) is 9.97 Å².